The van der Waals surface area contributed by atoms with Crippen LogP contribution in [0, 0.1) is 5.41 Å². The third-order valence-corrected chi connectivity index (χ3v) is 4.00. The Morgan fingerprint density at radius 3 is 2.63 bits per heavy atom. The summed E-state index contributed by atoms with van der Waals surface area (Å²) in [7, 11) is 0. The molecule has 1 aliphatic heterocycles. The molecule has 2 rings (SSSR count). The Morgan fingerprint density at radius 2 is 1.95 bits per heavy atom. The Labute approximate surface area is 115 Å². The van der Waals surface area contributed by atoms with Gasteiger partial charge in [-0.05, 0) is 23.8 Å². The molecule has 1 saturated heterocycles. The number of carbonyl (C=O) groups excluding carboxylic acids is 1. The maximum Gasteiger partial charge on any atom is 0.222 e. The number of rotatable bonds is 3. The van der Waals surface area contributed by atoms with E-state index in [4.69, 9.17) is 0 Å². The van der Waals surface area contributed by atoms with Crippen LogP contribution in [0.15, 0.2) is 30.3 Å². The van der Waals surface area contributed by atoms with Gasteiger partial charge in [-0.15, -0.1) is 0 Å². The van der Waals surface area contributed by atoms with Gasteiger partial charge in [0.05, 0.1) is 12.6 Å². The molecule has 1 fully saturated rings. The molecule has 3 nitrogen and oxygen atoms in total. The van der Waals surface area contributed by atoms with Crippen molar-refractivity contribution in [2.75, 3.05) is 13.1 Å². The molecule has 1 aromatic carbocycles. The van der Waals surface area contributed by atoms with Crippen molar-refractivity contribution in [3.05, 3.63) is 35.9 Å². The zero-order valence-electron chi connectivity index (χ0n) is 11.8. The molecule has 19 heavy (non-hydrogen) atoms. The average Bonchev–Trinajstić information content (AvgIpc) is 2.53. The van der Waals surface area contributed by atoms with Crippen molar-refractivity contribution in [1.82, 2.24) is 4.90 Å². The number of nitrogens with zero attached hydrogens (tertiary/aromatic N) is 1. The molecule has 1 amide bonds. The first-order chi connectivity index (χ1) is 8.98. The van der Waals surface area contributed by atoms with Crippen LogP contribution in [0.3, 0.4) is 0 Å². The normalized spacial score (nSPS) is 21.0. The van der Waals surface area contributed by atoms with E-state index in [1.54, 1.807) is 0 Å². The van der Waals surface area contributed by atoms with Crippen LogP contribution in [-0.4, -0.2) is 29.0 Å². The van der Waals surface area contributed by atoms with Gasteiger partial charge in [0.1, 0.15) is 0 Å². The Morgan fingerprint density at radius 1 is 1.26 bits per heavy atom. The van der Waals surface area contributed by atoms with Gasteiger partial charge in [-0.2, -0.15) is 0 Å². The predicted molar refractivity (Wildman–Crippen MR) is 75.6 cm³/mol. The van der Waals surface area contributed by atoms with Gasteiger partial charge in [-0.1, -0.05) is 44.2 Å². The summed E-state index contributed by atoms with van der Waals surface area (Å²) in [6.45, 7) is 5.56. The number of aliphatic hydroxyl groups excluding tert-OH is 1. The smallest absolute Gasteiger partial charge is 0.222 e. The summed E-state index contributed by atoms with van der Waals surface area (Å²) in [4.78, 5) is 13.9. The van der Waals surface area contributed by atoms with E-state index in [1.807, 2.05) is 35.2 Å². The molecular weight excluding hydrogens is 238 g/mol. The number of β-amino-alcohol motifs (C(OH)–C–C–N with tert-alkyl or cyclic N) is 1. The maximum absolute atomic E-state index is 12.1. The van der Waals surface area contributed by atoms with Crippen molar-refractivity contribution < 1.29 is 9.90 Å². The summed E-state index contributed by atoms with van der Waals surface area (Å²) in [5, 5.41) is 10.2. The summed E-state index contributed by atoms with van der Waals surface area (Å²) in [6, 6.07) is 9.54. The van der Waals surface area contributed by atoms with E-state index in [0.29, 0.717) is 13.0 Å². The number of aliphatic hydroxyl groups is 1. The number of hydrogen-bond acceptors (Lipinski definition) is 2. The van der Waals surface area contributed by atoms with Gasteiger partial charge in [0.15, 0.2) is 0 Å². The van der Waals surface area contributed by atoms with Crippen LogP contribution in [-0.2, 0) is 4.79 Å². The lowest BCUT2D eigenvalue weighted by molar-refractivity contribution is -0.132. The number of hydrogen-bond donors (Lipinski definition) is 1. The van der Waals surface area contributed by atoms with Crippen LogP contribution >= 0.6 is 0 Å². The minimum Gasteiger partial charge on any atom is -0.387 e. The van der Waals surface area contributed by atoms with Gasteiger partial charge in [-0.3, -0.25) is 4.79 Å². The fourth-order valence-corrected chi connectivity index (χ4v) is 2.47. The molecule has 104 valence electrons. The van der Waals surface area contributed by atoms with Crippen molar-refractivity contribution in [3.8, 4) is 0 Å². The lowest BCUT2D eigenvalue weighted by Gasteiger charge is -2.25. The average molecular weight is 261 g/mol. The molecule has 1 atom stereocenters. The second-order valence-corrected chi connectivity index (χ2v) is 6.18. The van der Waals surface area contributed by atoms with E-state index in [9.17, 15) is 9.90 Å². The predicted octanol–water partition coefficient (Wildman–Crippen LogP) is 2.76. The molecule has 0 aromatic heterocycles. The zero-order chi connectivity index (χ0) is 13.9. The largest absolute Gasteiger partial charge is 0.387 e. The number of benzene rings is 1. The first-order valence-electron chi connectivity index (χ1n) is 6.99. The molecular formula is C16H23NO2. The van der Waals surface area contributed by atoms with Gasteiger partial charge in [0.2, 0.25) is 5.91 Å². The standard InChI is InChI=1S/C16H23NO2/c1-16(2)9-8-15(19)17(11-10-16)12-14(18)13-6-4-3-5-7-13/h3-7,14,18H,8-12H2,1-2H3. The van der Waals surface area contributed by atoms with Crippen LogP contribution in [0.4, 0.5) is 0 Å². The van der Waals surface area contributed by atoms with Crippen molar-refractivity contribution in [1.29, 1.82) is 0 Å². The summed E-state index contributed by atoms with van der Waals surface area (Å²) >= 11 is 0. The Kier molecular flexibility index (Phi) is 4.25. The highest BCUT2D eigenvalue weighted by atomic mass is 16.3. The maximum atomic E-state index is 12.1. The molecule has 1 unspecified atom stereocenters. The highest BCUT2D eigenvalue weighted by molar-refractivity contribution is 5.76. The quantitative estimate of drug-likeness (QED) is 0.909. The zero-order valence-corrected chi connectivity index (χ0v) is 11.8. The second-order valence-electron chi connectivity index (χ2n) is 6.18. The van der Waals surface area contributed by atoms with Gasteiger partial charge in [-0.25, -0.2) is 0 Å². The van der Waals surface area contributed by atoms with E-state index >= 15 is 0 Å². The van der Waals surface area contributed by atoms with Crippen LogP contribution in [0.5, 0.6) is 0 Å². The summed E-state index contributed by atoms with van der Waals surface area (Å²) in [5.41, 5.74) is 1.10. The monoisotopic (exact) mass is 261 g/mol. The first kappa shape index (κ1) is 14.1. The van der Waals surface area contributed by atoms with Crippen LogP contribution in [0.25, 0.3) is 0 Å². The van der Waals surface area contributed by atoms with Crippen LogP contribution in [0.1, 0.15) is 44.8 Å². The van der Waals surface area contributed by atoms with Crippen LogP contribution < -0.4 is 0 Å². The molecule has 0 saturated carbocycles. The van der Waals surface area contributed by atoms with Gasteiger partial charge >= 0.3 is 0 Å². The SMILES string of the molecule is CC1(C)CCC(=O)N(CC(O)c2ccccc2)CC1. The first-order valence-corrected chi connectivity index (χ1v) is 6.99. The van der Waals surface area contributed by atoms with Gasteiger partial charge in [0.25, 0.3) is 0 Å². The third kappa shape index (κ3) is 3.80. The van der Waals surface area contributed by atoms with Crippen LogP contribution in [0.2, 0.25) is 0 Å². The molecule has 3 heteroatoms. The number of carbonyl (C=O) groups is 1. The van der Waals surface area contributed by atoms with Crippen molar-refractivity contribution >= 4 is 5.91 Å². The summed E-state index contributed by atoms with van der Waals surface area (Å²) in [6.07, 6.45) is 1.93. The topological polar surface area (TPSA) is 40.5 Å². The fraction of sp³-hybridized carbons (Fsp3) is 0.562. The van der Waals surface area contributed by atoms with Gasteiger partial charge in [0, 0.05) is 13.0 Å². The second kappa shape index (κ2) is 5.74. The Hall–Kier alpha value is -1.35. The van der Waals surface area contributed by atoms with E-state index < -0.39 is 6.10 Å². The van der Waals surface area contributed by atoms with E-state index in [1.165, 1.54) is 0 Å². The molecule has 0 aliphatic carbocycles. The molecule has 0 spiro atoms. The summed E-state index contributed by atoms with van der Waals surface area (Å²) < 4.78 is 0. The minimum atomic E-state index is -0.591. The minimum absolute atomic E-state index is 0.167. The third-order valence-electron chi connectivity index (χ3n) is 4.00. The molecule has 1 N–H and O–H groups in total. The molecule has 1 aliphatic rings. The van der Waals surface area contributed by atoms with Gasteiger partial charge < -0.3 is 10.0 Å². The van der Waals surface area contributed by atoms with E-state index in [-0.39, 0.29) is 11.3 Å². The Bertz CT molecular complexity index is 428. The van der Waals surface area contributed by atoms with E-state index in [0.717, 1.165) is 24.9 Å². The lowest BCUT2D eigenvalue weighted by atomic mass is 9.85. The highest BCUT2D eigenvalue weighted by Crippen LogP contribution is 2.30. The molecule has 1 aromatic rings. The fourth-order valence-electron chi connectivity index (χ4n) is 2.47. The molecule has 0 bridgehead atoms. The molecule has 1 heterocycles. The lowest BCUT2D eigenvalue weighted by Crippen LogP contribution is -2.34. The summed E-state index contributed by atoms with van der Waals surface area (Å²) in [5.74, 6) is 0.167. The number of likely N-dealkylation sites (tertiary alicyclic amines) is 1. The van der Waals surface area contributed by atoms with Crippen molar-refractivity contribution in [2.45, 2.75) is 39.2 Å². The highest BCUT2D eigenvalue weighted by Gasteiger charge is 2.28. The van der Waals surface area contributed by atoms with E-state index in [2.05, 4.69) is 13.8 Å². The van der Waals surface area contributed by atoms with Crippen molar-refractivity contribution in [3.63, 3.8) is 0 Å². The Balaban J connectivity index is 2.00. The number of amides is 1. The molecule has 0 radical (unpaired) electrons. The van der Waals surface area contributed by atoms with Crippen molar-refractivity contribution in [2.24, 2.45) is 5.41 Å².